The number of rotatable bonds is 4. The summed E-state index contributed by atoms with van der Waals surface area (Å²) in [6.07, 6.45) is 6.18. The topological polar surface area (TPSA) is 101 Å². The number of anilines is 1. The summed E-state index contributed by atoms with van der Waals surface area (Å²) in [5.41, 5.74) is 1.61. The predicted octanol–water partition coefficient (Wildman–Crippen LogP) is 1.91. The van der Waals surface area contributed by atoms with E-state index in [1.807, 2.05) is 15.6 Å². The van der Waals surface area contributed by atoms with E-state index in [0.717, 1.165) is 25.0 Å². The van der Waals surface area contributed by atoms with E-state index in [2.05, 4.69) is 10.1 Å². The van der Waals surface area contributed by atoms with Crippen LogP contribution in [0.15, 0.2) is 24.5 Å². The maximum Gasteiger partial charge on any atom is 0.337 e. The van der Waals surface area contributed by atoms with Gasteiger partial charge in [-0.1, -0.05) is 0 Å². The van der Waals surface area contributed by atoms with Gasteiger partial charge in [0.15, 0.2) is 6.23 Å². The highest BCUT2D eigenvalue weighted by atomic mass is 16.5. The van der Waals surface area contributed by atoms with Crippen molar-refractivity contribution in [3.8, 4) is 11.3 Å². The molecule has 2 atom stereocenters. The van der Waals surface area contributed by atoms with Crippen LogP contribution in [0.2, 0.25) is 0 Å². The normalized spacial score (nSPS) is 23.3. The number of hydrogen-bond donors (Lipinski definition) is 2. The molecule has 1 unspecified atom stereocenters. The first-order chi connectivity index (χ1) is 12.6. The molecule has 0 amide bonds. The summed E-state index contributed by atoms with van der Waals surface area (Å²) in [6, 6.07) is 3.49. The first-order valence-corrected chi connectivity index (χ1v) is 8.95. The summed E-state index contributed by atoms with van der Waals surface area (Å²) < 4.78 is 7.67. The minimum Gasteiger partial charge on any atom is -0.478 e. The van der Waals surface area contributed by atoms with Crippen LogP contribution in [0.25, 0.3) is 11.3 Å². The van der Waals surface area contributed by atoms with Crippen LogP contribution in [0, 0.1) is 0 Å². The number of hydrogen-bond acceptors (Lipinski definition) is 6. The van der Waals surface area contributed by atoms with Crippen LogP contribution in [-0.4, -0.2) is 56.7 Å². The third-order valence-corrected chi connectivity index (χ3v) is 4.95. The van der Waals surface area contributed by atoms with Crippen molar-refractivity contribution < 1.29 is 19.7 Å². The van der Waals surface area contributed by atoms with E-state index < -0.39 is 12.1 Å². The van der Waals surface area contributed by atoms with Gasteiger partial charge in [-0.3, -0.25) is 0 Å². The molecule has 2 aromatic rings. The number of pyridine rings is 1. The first-order valence-electron chi connectivity index (χ1n) is 8.95. The standard InChI is InChI=1S/C18H22N4O4/c23-13-5-7-21(11-13)17-14(9-12(10-19-17)18(24)25)15-4-6-20-22(15)16-3-1-2-8-26-16/h4,6,9-10,13,16,23H,1-3,5,7-8,11H2,(H,24,25)/t13-,16?/m0/s1. The fourth-order valence-corrected chi connectivity index (χ4v) is 3.62. The van der Waals surface area contributed by atoms with Crippen LogP contribution in [0.4, 0.5) is 5.82 Å². The molecule has 0 aromatic carbocycles. The third-order valence-electron chi connectivity index (χ3n) is 4.95. The Morgan fingerprint density at radius 2 is 2.19 bits per heavy atom. The zero-order chi connectivity index (χ0) is 18.1. The van der Waals surface area contributed by atoms with Gasteiger partial charge in [0.05, 0.1) is 17.4 Å². The van der Waals surface area contributed by atoms with Crippen molar-refractivity contribution in [1.82, 2.24) is 14.8 Å². The lowest BCUT2D eigenvalue weighted by Crippen LogP contribution is -2.24. The Bertz CT molecular complexity index is 800. The Hall–Kier alpha value is -2.45. The zero-order valence-electron chi connectivity index (χ0n) is 14.4. The molecule has 0 aliphatic carbocycles. The Morgan fingerprint density at radius 3 is 2.88 bits per heavy atom. The van der Waals surface area contributed by atoms with Gasteiger partial charge >= 0.3 is 5.97 Å². The van der Waals surface area contributed by atoms with E-state index in [-0.39, 0.29) is 11.8 Å². The van der Waals surface area contributed by atoms with Gasteiger partial charge in [-0.05, 0) is 37.8 Å². The highest BCUT2D eigenvalue weighted by Gasteiger charge is 2.27. The maximum atomic E-state index is 11.5. The Labute approximate surface area is 151 Å². The number of carboxylic acids is 1. The van der Waals surface area contributed by atoms with Gasteiger partial charge < -0.3 is 19.8 Å². The van der Waals surface area contributed by atoms with Crippen molar-refractivity contribution in [3.05, 3.63) is 30.1 Å². The number of ether oxygens (including phenoxy) is 1. The van der Waals surface area contributed by atoms with Gasteiger partial charge in [0.2, 0.25) is 0 Å². The van der Waals surface area contributed by atoms with E-state index in [0.29, 0.717) is 37.5 Å². The molecule has 8 heteroatoms. The highest BCUT2D eigenvalue weighted by Crippen LogP contribution is 2.34. The molecular formula is C18H22N4O4. The second-order valence-corrected chi connectivity index (χ2v) is 6.77. The summed E-state index contributed by atoms with van der Waals surface area (Å²) in [5.74, 6) is -0.351. The van der Waals surface area contributed by atoms with Crippen molar-refractivity contribution >= 4 is 11.8 Å². The minimum absolute atomic E-state index is 0.126. The molecule has 138 valence electrons. The number of aromatic carboxylic acids is 1. The van der Waals surface area contributed by atoms with Gasteiger partial charge in [0.1, 0.15) is 5.82 Å². The second-order valence-electron chi connectivity index (χ2n) is 6.77. The molecule has 0 saturated carbocycles. The molecule has 4 heterocycles. The van der Waals surface area contributed by atoms with Crippen LogP contribution in [0.3, 0.4) is 0 Å². The van der Waals surface area contributed by atoms with E-state index in [4.69, 9.17) is 4.74 Å². The van der Waals surface area contributed by atoms with Crippen LogP contribution in [0.5, 0.6) is 0 Å². The van der Waals surface area contributed by atoms with Crippen molar-refractivity contribution in [2.75, 3.05) is 24.6 Å². The Balaban J connectivity index is 1.78. The summed E-state index contributed by atoms with van der Waals surface area (Å²) in [5, 5.41) is 23.7. The Kier molecular flexibility index (Phi) is 4.60. The van der Waals surface area contributed by atoms with Gasteiger partial charge in [0, 0.05) is 37.7 Å². The van der Waals surface area contributed by atoms with Gasteiger partial charge in [-0.25, -0.2) is 14.5 Å². The summed E-state index contributed by atoms with van der Waals surface area (Å²) in [6.45, 7) is 1.87. The van der Waals surface area contributed by atoms with Crippen LogP contribution >= 0.6 is 0 Å². The molecule has 2 fully saturated rings. The van der Waals surface area contributed by atoms with E-state index in [1.165, 1.54) is 6.20 Å². The largest absolute Gasteiger partial charge is 0.478 e. The molecule has 2 aliphatic heterocycles. The molecule has 2 aromatic heterocycles. The number of aliphatic hydroxyl groups is 1. The summed E-state index contributed by atoms with van der Waals surface area (Å²) >= 11 is 0. The number of carboxylic acid groups (broad SMARTS) is 1. The Morgan fingerprint density at radius 1 is 1.31 bits per heavy atom. The molecule has 0 radical (unpaired) electrons. The zero-order valence-corrected chi connectivity index (χ0v) is 14.4. The van der Waals surface area contributed by atoms with E-state index in [1.54, 1.807) is 12.3 Å². The number of aliphatic hydroxyl groups excluding tert-OH is 1. The average molecular weight is 358 g/mol. The van der Waals surface area contributed by atoms with Crippen molar-refractivity contribution in [1.29, 1.82) is 0 Å². The molecule has 26 heavy (non-hydrogen) atoms. The third kappa shape index (κ3) is 3.17. The molecule has 2 saturated heterocycles. The first kappa shape index (κ1) is 17.0. The number of carbonyl (C=O) groups is 1. The lowest BCUT2D eigenvalue weighted by atomic mass is 10.1. The summed E-state index contributed by atoms with van der Waals surface area (Å²) in [7, 11) is 0. The number of β-amino-alcohol motifs (C(OH)–C–C–N with tert-alkyl or cyclic N) is 1. The lowest BCUT2D eigenvalue weighted by Gasteiger charge is -2.26. The smallest absolute Gasteiger partial charge is 0.337 e. The van der Waals surface area contributed by atoms with Crippen LogP contribution < -0.4 is 4.90 Å². The molecular weight excluding hydrogens is 336 g/mol. The van der Waals surface area contributed by atoms with Crippen LogP contribution in [0.1, 0.15) is 42.3 Å². The van der Waals surface area contributed by atoms with Gasteiger partial charge in [0.25, 0.3) is 0 Å². The van der Waals surface area contributed by atoms with Crippen molar-refractivity contribution in [3.63, 3.8) is 0 Å². The van der Waals surface area contributed by atoms with Crippen molar-refractivity contribution in [2.45, 2.75) is 38.0 Å². The monoisotopic (exact) mass is 358 g/mol. The molecule has 4 rings (SSSR count). The van der Waals surface area contributed by atoms with E-state index >= 15 is 0 Å². The van der Waals surface area contributed by atoms with Gasteiger partial charge in [-0.2, -0.15) is 5.10 Å². The molecule has 0 spiro atoms. The minimum atomic E-state index is -1.02. The fourth-order valence-electron chi connectivity index (χ4n) is 3.62. The van der Waals surface area contributed by atoms with Gasteiger partial charge in [-0.15, -0.1) is 0 Å². The SMILES string of the molecule is O=C(O)c1cnc(N2CC[C@H](O)C2)c(-c2ccnn2C2CCCCO2)c1. The number of nitrogens with zero attached hydrogens (tertiary/aromatic N) is 4. The second kappa shape index (κ2) is 7.05. The quantitative estimate of drug-likeness (QED) is 0.861. The summed E-state index contributed by atoms with van der Waals surface area (Å²) in [4.78, 5) is 17.9. The average Bonchev–Trinajstić information content (AvgIpc) is 3.31. The molecule has 2 N–H and O–H groups in total. The van der Waals surface area contributed by atoms with Crippen molar-refractivity contribution in [2.24, 2.45) is 0 Å². The fraction of sp³-hybridized carbons (Fsp3) is 0.500. The van der Waals surface area contributed by atoms with Crippen LogP contribution in [-0.2, 0) is 4.74 Å². The molecule has 8 nitrogen and oxygen atoms in total. The predicted molar refractivity (Wildman–Crippen MR) is 94.1 cm³/mol. The highest BCUT2D eigenvalue weighted by molar-refractivity contribution is 5.90. The molecule has 0 bridgehead atoms. The maximum absolute atomic E-state index is 11.5. The molecule has 2 aliphatic rings. The lowest BCUT2D eigenvalue weighted by molar-refractivity contribution is -0.0383. The van der Waals surface area contributed by atoms with E-state index in [9.17, 15) is 15.0 Å². The number of aromatic nitrogens is 3.